The smallest absolute Gasteiger partial charge is 0.231 e. The molecule has 3 aliphatic heterocycles. The Labute approximate surface area is 209 Å². The van der Waals surface area contributed by atoms with Gasteiger partial charge in [0.15, 0.2) is 0 Å². The topological polar surface area (TPSA) is 147 Å². The van der Waals surface area contributed by atoms with E-state index in [0.29, 0.717) is 26.2 Å². The fourth-order valence-electron chi connectivity index (χ4n) is 6.49. The summed E-state index contributed by atoms with van der Waals surface area (Å²) in [4.78, 5) is 13.7. The number of amides is 1. The van der Waals surface area contributed by atoms with Gasteiger partial charge in [-0.3, -0.25) is 4.79 Å². The zero-order valence-corrected chi connectivity index (χ0v) is 21.0. The first kappa shape index (κ1) is 26.4. The third kappa shape index (κ3) is 6.95. The zero-order chi connectivity index (χ0) is 24.7. The predicted octanol–water partition coefficient (Wildman–Crippen LogP) is 1.59. The maximum absolute atomic E-state index is 13.7. The molecular weight excluding hydrogens is 444 g/mol. The average molecular weight is 489 g/mol. The van der Waals surface area contributed by atoms with Gasteiger partial charge in [0.05, 0.1) is 36.6 Å². The molecule has 35 heavy (non-hydrogen) atoms. The van der Waals surface area contributed by atoms with Crippen LogP contribution in [-0.4, -0.2) is 56.6 Å². The maximum Gasteiger partial charge on any atom is 0.231 e. The van der Waals surface area contributed by atoms with Crippen LogP contribution in [0.4, 0.5) is 0 Å². The lowest BCUT2D eigenvalue weighted by molar-refractivity contribution is -0.127. The molecule has 3 fully saturated rings. The largest absolute Gasteiger partial charge is 0.389 e. The van der Waals surface area contributed by atoms with E-state index in [1.807, 2.05) is 6.20 Å². The molecule has 1 aliphatic carbocycles. The lowest BCUT2D eigenvalue weighted by Gasteiger charge is -2.45. The molecule has 0 aromatic rings. The standard InChI is InChI=1S/C26H44N6O3/c27-11-5-18-4-10-26(8-2-1-3-9-26)14-20(31-15-18)23(24(28)29)25(33)32-21-16-30-12-6-22(21)35-19-7-13-34-17-19/h16,18-20,22-24,30-31H,1-10,12-15,17,28-29H2,(H,32,33)/t18?,19-,20?,22?,23?/m0/s1. The number of carbonyl (C=O) groups is 1. The highest BCUT2D eigenvalue weighted by atomic mass is 16.6. The molecular formula is C26H44N6O3. The molecule has 9 nitrogen and oxygen atoms in total. The number of hydrogen-bond donors (Lipinski definition) is 5. The van der Waals surface area contributed by atoms with Gasteiger partial charge in [-0.25, -0.2) is 0 Å². The van der Waals surface area contributed by atoms with E-state index in [1.54, 1.807) is 0 Å². The van der Waals surface area contributed by atoms with Crippen molar-refractivity contribution in [2.24, 2.45) is 28.7 Å². The lowest BCUT2D eigenvalue weighted by atomic mass is 9.64. The summed E-state index contributed by atoms with van der Waals surface area (Å²) >= 11 is 0. The second-order valence-electron chi connectivity index (χ2n) is 11.1. The van der Waals surface area contributed by atoms with E-state index >= 15 is 0 Å². The van der Waals surface area contributed by atoms with Gasteiger partial charge in [0, 0.05) is 31.8 Å². The number of nitrogens with zero attached hydrogens (tertiary/aromatic N) is 1. The molecule has 4 unspecified atom stereocenters. The molecule has 1 spiro atoms. The minimum Gasteiger partial charge on any atom is -0.389 e. The summed E-state index contributed by atoms with van der Waals surface area (Å²) in [7, 11) is 0. The molecule has 1 amide bonds. The highest BCUT2D eigenvalue weighted by Gasteiger charge is 2.42. The van der Waals surface area contributed by atoms with Crippen LogP contribution in [0.3, 0.4) is 0 Å². The minimum atomic E-state index is -0.790. The number of nitriles is 1. The van der Waals surface area contributed by atoms with Crippen LogP contribution >= 0.6 is 0 Å². The molecule has 0 radical (unpaired) electrons. The van der Waals surface area contributed by atoms with Crippen LogP contribution in [0.5, 0.6) is 0 Å². The van der Waals surface area contributed by atoms with Crippen LogP contribution in [-0.2, 0) is 14.3 Å². The average Bonchev–Trinajstić information content (AvgIpc) is 3.34. The van der Waals surface area contributed by atoms with E-state index in [0.717, 1.165) is 44.3 Å². The molecule has 196 valence electrons. The summed E-state index contributed by atoms with van der Waals surface area (Å²) in [5, 5.41) is 19.3. The number of ether oxygens (including phenoxy) is 2. The summed E-state index contributed by atoms with van der Waals surface area (Å²) in [5.41, 5.74) is 13.5. The molecule has 0 aromatic carbocycles. The zero-order valence-electron chi connectivity index (χ0n) is 21.0. The van der Waals surface area contributed by atoms with Crippen molar-refractivity contribution in [2.75, 3.05) is 26.3 Å². The Kier molecular flexibility index (Phi) is 9.42. The summed E-state index contributed by atoms with van der Waals surface area (Å²) in [5.74, 6) is -0.448. The van der Waals surface area contributed by atoms with Crippen molar-refractivity contribution >= 4 is 5.91 Å². The molecule has 7 N–H and O–H groups in total. The van der Waals surface area contributed by atoms with Gasteiger partial charge in [-0.15, -0.1) is 0 Å². The number of nitrogens with two attached hydrogens (primary N) is 2. The number of rotatable bonds is 7. The molecule has 4 rings (SSSR count). The van der Waals surface area contributed by atoms with Crippen LogP contribution in [0.25, 0.3) is 0 Å². The molecule has 0 bridgehead atoms. The van der Waals surface area contributed by atoms with E-state index in [9.17, 15) is 10.1 Å². The fraction of sp³-hybridized carbons (Fsp3) is 0.846. The first-order valence-electron chi connectivity index (χ1n) is 13.6. The van der Waals surface area contributed by atoms with Gasteiger partial charge in [-0.2, -0.15) is 5.26 Å². The fourth-order valence-corrected chi connectivity index (χ4v) is 6.49. The van der Waals surface area contributed by atoms with Crippen molar-refractivity contribution < 1.29 is 14.3 Å². The van der Waals surface area contributed by atoms with Crippen molar-refractivity contribution in [3.05, 3.63) is 11.9 Å². The molecule has 3 heterocycles. The lowest BCUT2D eigenvalue weighted by Crippen LogP contribution is -2.59. The van der Waals surface area contributed by atoms with E-state index < -0.39 is 12.1 Å². The maximum atomic E-state index is 13.7. The Morgan fingerprint density at radius 2 is 2.09 bits per heavy atom. The van der Waals surface area contributed by atoms with Gasteiger partial charge >= 0.3 is 0 Å². The van der Waals surface area contributed by atoms with Crippen molar-refractivity contribution in [2.45, 2.75) is 95.0 Å². The Hall–Kier alpha value is -1.70. The number of nitrogens with one attached hydrogen (secondary N) is 3. The molecule has 1 saturated carbocycles. The SMILES string of the molecule is N#CCC1CCC2(CCCCC2)CC(C(C(=O)NC2=CNCCC2O[C@H]2CCOC2)C(N)N)NC1. The van der Waals surface area contributed by atoms with Crippen molar-refractivity contribution in [1.29, 1.82) is 5.26 Å². The summed E-state index contributed by atoms with van der Waals surface area (Å²) in [6, 6.07) is 2.22. The van der Waals surface area contributed by atoms with Crippen LogP contribution < -0.4 is 27.4 Å². The Morgan fingerprint density at radius 1 is 1.26 bits per heavy atom. The van der Waals surface area contributed by atoms with E-state index in [4.69, 9.17) is 20.9 Å². The van der Waals surface area contributed by atoms with Crippen LogP contribution in [0, 0.1) is 28.6 Å². The van der Waals surface area contributed by atoms with Gasteiger partial charge < -0.3 is 36.9 Å². The normalized spacial score (nSPS) is 32.1. The summed E-state index contributed by atoms with van der Waals surface area (Å²) in [6.45, 7) is 2.82. The Morgan fingerprint density at radius 3 is 2.80 bits per heavy atom. The van der Waals surface area contributed by atoms with Crippen molar-refractivity contribution in [3.8, 4) is 6.07 Å². The second kappa shape index (κ2) is 12.5. The number of carbonyl (C=O) groups excluding carboxylic acids is 1. The van der Waals surface area contributed by atoms with Gasteiger partial charge in [-0.1, -0.05) is 19.3 Å². The van der Waals surface area contributed by atoms with E-state index in [1.165, 1.54) is 32.1 Å². The monoisotopic (exact) mass is 488 g/mol. The van der Waals surface area contributed by atoms with Gasteiger partial charge in [0.1, 0.15) is 6.10 Å². The molecule has 2 saturated heterocycles. The third-order valence-corrected chi connectivity index (χ3v) is 8.52. The number of hydrogen-bond acceptors (Lipinski definition) is 8. The van der Waals surface area contributed by atoms with Gasteiger partial charge in [0.25, 0.3) is 0 Å². The van der Waals surface area contributed by atoms with Crippen molar-refractivity contribution in [1.82, 2.24) is 16.0 Å². The summed E-state index contributed by atoms with van der Waals surface area (Å²) < 4.78 is 11.7. The first-order chi connectivity index (χ1) is 17.0. The Balaban J connectivity index is 1.49. The van der Waals surface area contributed by atoms with Crippen LogP contribution in [0.1, 0.15) is 70.6 Å². The van der Waals surface area contributed by atoms with Crippen molar-refractivity contribution in [3.63, 3.8) is 0 Å². The van der Waals surface area contributed by atoms with Crippen LogP contribution in [0.15, 0.2) is 11.9 Å². The van der Waals surface area contributed by atoms with Gasteiger partial charge in [0.2, 0.25) is 5.91 Å². The van der Waals surface area contributed by atoms with E-state index in [-0.39, 0.29) is 35.5 Å². The van der Waals surface area contributed by atoms with Gasteiger partial charge in [-0.05, 0) is 62.8 Å². The van der Waals surface area contributed by atoms with E-state index in [2.05, 4.69) is 22.0 Å². The highest BCUT2D eigenvalue weighted by Crippen LogP contribution is 2.46. The first-order valence-corrected chi connectivity index (χ1v) is 13.6. The van der Waals surface area contributed by atoms with Crippen LogP contribution in [0.2, 0.25) is 0 Å². The minimum absolute atomic E-state index is 0.0569. The second-order valence-corrected chi connectivity index (χ2v) is 11.1. The highest BCUT2D eigenvalue weighted by molar-refractivity contribution is 5.82. The molecule has 0 aromatic heterocycles. The molecule has 5 atom stereocenters. The third-order valence-electron chi connectivity index (χ3n) is 8.52. The Bertz CT molecular complexity index is 770. The molecule has 9 heteroatoms. The summed E-state index contributed by atoms with van der Waals surface area (Å²) in [6.07, 6.45) is 12.3. The predicted molar refractivity (Wildman–Crippen MR) is 133 cm³/mol. The molecule has 4 aliphatic rings. The quantitative estimate of drug-likeness (QED) is 0.339.